The molecule has 1 fully saturated rings. The van der Waals surface area contributed by atoms with Crippen molar-refractivity contribution in [3.63, 3.8) is 0 Å². The SMILES string of the molecule is COc1cc(C)c(S(=O)(=O)N2CCN(C)C(c3ccccc3)C2)cc1C. The highest BCUT2D eigenvalue weighted by Crippen LogP contribution is 2.31. The minimum Gasteiger partial charge on any atom is -0.496 e. The van der Waals surface area contributed by atoms with Gasteiger partial charge in [0.05, 0.1) is 12.0 Å². The second-order valence-corrected chi connectivity index (χ2v) is 8.76. The molecule has 26 heavy (non-hydrogen) atoms. The van der Waals surface area contributed by atoms with Crippen LogP contribution in [0, 0.1) is 13.8 Å². The van der Waals surface area contributed by atoms with Crippen molar-refractivity contribution < 1.29 is 13.2 Å². The molecule has 1 aliphatic rings. The number of nitrogens with zero attached hydrogens (tertiary/aromatic N) is 2. The van der Waals surface area contributed by atoms with Gasteiger partial charge in [0.2, 0.25) is 10.0 Å². The van der Waals surface area contributed by atoms with E-state index in [0.29, 0.717) is 35.8 Å². The van der Waals surface area contributed by atoms with Crippen molar-refractivity contribution in [3.05, 3.63) is 59.2 Å². The summed E-state index contributed by atoms with van der Waals surface area (Å²) in [5, 5.41) is 0. The number of hydrogen-bond acceptors (Lipinski definition) is 4. The Labute approximate surface area is 156 Å². The number of aryl methyl sites for hydroxylation is 2. The van der Waals surface area contributed by atoms with Crippen molar-refractivity contribution >= 4 is 10.0 Å². The van der Waals surface area contributed by atoms with Crippen LogP contribution in [0.4, 0.5) is 0 Å². The summed E-state index contributed by atoms with van der Waals surface area (Å²) in [5.41, 5.74) is 2.67. The van der Waals surface area contributed by atoms with Gasteiger partial charge >= 0.3 is 0 Å². The Morgan fingerprint density at radius 3 is 2.38 bits per heavy atom. The molecule has 0 amide bonds. The van der Waals surface area contributed by atoms with Gasteiger partial charge < -0.3 is 4.74 Å². The molecular weight excluding hydrogens is 348 g/mol. The molecule has 1 heterocycles. The van der Waals surface area contributed by atoms with Gasteiger partial charge in [-0.15, -0.1) is 0 Å². The molecular formula is C20H26N2O3S. The number of sulfonamides is 1. The quantitative estimate of drug-likeness (QED) is 0.826. The average molecular weight is 375 g/mol. The normalized spacial score (nSPS) is 19.5. The number of benzene rings is 2. The summed E-state index contributed by atoms with van der Waals surface area (Å²) < 4.78 is 33.5. The molecule has 0 aromatic heterocycles. The number of hydrogen-bond donors (Lipinski definition) is 0. The zero-order valence-corrected chi connectivity index (χ0v) is 16.6. The van der Waals surface area contributed by atoms with Crippen molar-refractivity contribution in [2.75, 3.05) is 33.8 Å². The van der Waals surface area contributed by atoms with E-state index in [0.717, 1.165) is 11.1 Å². The standard InChI is InChI=1S/C20H26N2O3S/c1-15-13-20(16(2)12-19(15)25-4)26(23,24)22-11-10-21(3)18(14-22)17-8-6-5-7-9-17/h5-9,12-13,18H,10-11,14H2,1-4H3. The molecule has 2 aromatic carbocycles. The topological polar surface area (TPSA) is 49.9 Å². The van der Waals surface area contributed by atoms with Crippen LogP contribution in [0.15, 0.2) is 47.4 Å². The van der Waals surface area contributed by atoms with Crippen LogP contribution in [-0.4, -0.2) is 51.4 Å². The predicted octanol–water partition coefficient (Wildman–Crippen LogP) is 2.99. The molecule has 3 rings (SSSR count). The highest BCUT2D eigenvalue weighted by molar-refractivity contribution is 7.89. The van der Waals surface area contributed by atoms with Crippen LogP contribution in [0.25, 0.3) is 0 Å². The number of piperazine rings is 1. The Morgan fingerprint density at radius 1 is 1.04 bits per heavy atom. The van der Waals surface area contributed by atoms with E-state index in [9.17, 15) is 8.42 Å². The van der Waals surface area contributed by atoms with Gasteiger partial charge in [0, 0.05) is 25.7 Å². The molecule has 1 atom stereocenters. The summed E-state index contributed by atoms with van der Waals surface area (Å²) in [6.45, 7) is 5.33. The fraction of sp³-hybridized carbons (Fsp3) is 0.400. The third-order valence-corrected chi connectivity index (χ3v) is 7.11. The van der Waals surface area contributed by atoms with Crippen LogP contribution < -0.4 is 4.74 Å². The summed E-state index contributed by atoms with van der Waals surface area (Å²) in [6, 6.07) is 13.7. The van der Waals surface area contributed by atoms with Crippen LogP contribution in [-0.2, 0) is 10.0 Å². The van der Waals surface area contributed by atoms with Gasteiger partial charge in [-0.1, -0.05) is 30.3 Å². The van der Waals surface area contributed by atoms with Crippen molar-refractivity contribution in [2.45, 2.75) is 24.8 Å². The maximum absolute atomic E-state index is 13.3. The second kappa shape index (κ2) is 7.39. The minimum absolute atomic E-state index is 0.0550. The largest absolute Gasteiger partial charge is 0.496 e. The molecule has 2 aromatic rings. The zero-order chi connectivity index (χ0) is 18.9. The maximum Gasteiger partial charge on any atom is 0.243 e. The number of likely N-dealkylation sites (N-methyl/N-ethyl adjacent to an activating group) is 1. The van der Waals surface area contributed by atoms with Gasteiger partial charge in [-0.2, -0.15) is 4.31 Å². The lowest BCUT2D eigenvalue weighted by molar-refractivity contribution is 0.148. The van der Waals surface area contributed by atoms with E-state index < -0.39 is 10.0 Å². The van der Waals surface area contributed by atoms with Gasteiger partial charge in [-0.05, 0) is 49.7 Å². The zero-order valence-electron chi connectivity index (χ0n) is 15.8. The van der Waals surface area contributed by atoms with E-state index in [1.165, 1.54) is 0 Å². The fourth-order valence-corrected chi connectivity index (χ4v) is 5.23. The average Bonchev–Trinajstić information content (AvgIpc) is 2.64. The molecule has 5 nitrogen and oxygen atoms in total. The fourth-order valence-electron chi connectivity index (χ4n) is 3.50. The lowest BCUT2D eigenvalue weighted by Gasteiger charge is -2.39. The first-order valence-corrected chi connectivity index (χ1v) is 10.2. The van der Waals surface area contributed by atoms with E-state index in [1.54, 1.807) is 23.5 Å². The Balaban J connectivity index is 1.94. The second-order valence-electron chi connectivity index (χ2n) is 6.86. The maximum atomic E-state index is 13.3. The third kappa shape index (κ3) is 3.49. The number of rotatable bonds is 4. The summed E-state index contributed by atoms with van der Waals surface area (Å²) >= 11 is 0. The highest BCUT2D eigenvalue weighted by atomic mass is 32.2. The first kappa shape index (κ1) is 18.9. The van der Waals surface area contributed by atoms with Gasteiger partial charge in [-0.3, -0.25) is 4.90 Å². The van der Waals surface area contributed by atoms with Gasteiger partial charge in [0.15, 0.2) is 0 Å². The molecule has 0 bridgehead atoms. The lowest BCUT2D eigenvalue weighted by atomic mass is 10.0. The van der Waals surface area contributed by atoms with Crippen LogP contribution >= 0.6 is 0 Å². The molecule has 0 N–H and O–H groups in total. The number of ether oxygens (including phenoxy) is 1. The van der Waals surface area contributed by atoms with Gasteiger partial charge in [0.25, 0.3) is 0 Å². The molecule has 140 valence electrons. The van der Waals surface area contributed by atoms with Crippen LogP contribution in [0.3, 0.4) is 0 Å². The molecule has 0 saturated carbocycles. The first-order chi connectivity index (χ1) is 12.3. The molecule has 6 heteroatoms. The van der Waals surface area contributed by atoms with Crippen molar-refractivity contribution in [1.82, 2.24) is 9.21 Å². The van der Waals surface area contributed by atoms with Crippen LogP contribution in [0.1, 0.15) is 22.7 Å². The van der Waals surface area contributed by atoms with E-state index in [2.05, 4.69) is 17.0 Å². The van der Waals surface area contributed by atoms with Crippen molar-refractivity contribution in [1.29, 1.82) is 0 Å². The Hall–Kier alpha value is -1.89. The Morgan fingerprint density at radius 2 is 1.73 bits per heavy atom. The molecule has 1 saturated heterocycles. The van der Waals surface area contributed by atoms with Crippen LogP contribution in [0.5, 0.6) is 5.75 Å². The summed E-state index contributed by atoms with van der Waals surface area (Å²) in [5.74, 6) is 0.710. The summed E-state index contributed by atoms with van der Waals surface area (Å²) in [7, 11) is 0.0907. The van der Waals surface area contributed by atoms with E-state index in [4.69, 9.17) is 4.74 Å². The predicted molar refractivity (Wildman–Crippen MR) is 103 cm³/mol. The highest BCUT2D eigenvalue weighted by Gasteiger charge is 2.34. The molecule has 0 spiro atoms. The van der Waals surface area contributed by atoms with Gasteiger partial charge in [0.1, 0.15) is 5.75 Å². The van der Waals surface area contributed by atoms with E-state index in [1.807, 2.05) is 39.1 Å². The van der Waals surface area contributed by atoms with Crippen molar-refractivity contribution in [3.8, 4) is 5.75 Å². The molecule has 1 aliphatic heterocycles. The van der Waals surface area contributed by atoms with Crippen LogP contribution in [0.2, 0.25) is 0 Å². The molecule has 0 aliphatic carbocycles. The third-order valence-electron chi connectivity index (χ3n) is 5.11. The first-order valence-electron chi connectivity index (χ1n) is 8.75. The summed E-state index contributed by atoms with van der Waals surface area (Å²) in [6.07, 6.45) is 0. The minimum atomic E-state index is -3.55. The smallest absolute Gasteiger partial charge is 0.243 e. The van der Waals surface area contributed by atoms with Crippen molar-refractivity contribution in [2.24, 2.45) is 0 Å². The molecule has 1 unspecified atom stereocenters. The Kier molecular flexibility index (Phi) is 5.37. The number of methoxy groups -OCH3 is 1. The monoisotopic (exact) mass is 374 g/mol. The van der Waals surface area contributed by atoms with E-state index >= 15 is 0 Å². The summed E-state index contributed by atoms with van der Waals surface area (Å²) in [4.78, 5) is 2.58. The molecule has 0 radical (unpaired) electrons. The van der Waals surface area contributed by atoms with E-state index in [-0.39, 0.29) is 6.04 Å². The Bertz CT molecular complexity index is 881. The lowest BCUT2D eigenvalue weighted by Crippen LogP contribution is -2.49. The van der Waals surface area contributed by atoms with Gasteiger partial charge in [-0.25, -0.2) is 8.42 Å².